The summed E-state index contributed by atoms with van der Waals surface area (Å²) >= 11 is 0. The van der Waals surface area contributed by atoms with E-state index in [2.05, 4.69) is 12.2 Å². The number of carboxylic acid groups (broad SMARTS) is 1. The van der Waals surface area contributed by atoms with Crippen molar-refractivity contribution < 1.29 is 20.1 Å². The quantitative estimate of drug-likeness (QED) is 0.274. The van der Waals surface area contributed by atoms with Crippen LogP contribution in [0.5, 0.6) is 0 Å². The zero-order chi connectivity index (χ0) is 17.9. The molecule has 0 saturated heterocycles. The Morgan fingerprint density at radius 1 is 0.917 bits per heavy atom. The van der Waals surface area contributed by atoms with E-state index in [1.54, 1.807) is 6.08 Å². The van der Waals surface area contributed by atoms with Crippen molar-refractivity contribution in [2.45, 2.75) is 63.9 Å². The first-order chi connectivity index (χ1) is 11.7. The SMILES string of the molecule is O=C([O-])CCC/C=C\CC(O)/C=C/C=C\C/C=C\CCCCCO. The van der Waals surface area contributed by atoms with E-state index in [0.29, 0.717) is 19.3 Å². The number of allylic oxidation sites excluding steroid dienone is 6. The summed E-state index contributed by atoms with van der Waals surface area (Å²) in [4.78, 5) is 10.2. The van der Waals surface area contributed by atoms with E-state index < -0.39 is 12.1 Å². The van der Waals surface area contributed by atoms with Gasteiger partial charge in [0.1, 0.15) is 0 Å². The molecule has 0 aromatic rings. The average Bonchev–Trinajstić information content (AvgIpc) is 2.55. The molecule has 0 aliphatic rings. The normalized spacial score (nSPS) is 13.8. The van der Waals surface area contributed by atoms with E-state index >= 15 is 0 Å². The van der Waals surface area contributed by atoms with E-state index in [1.807, 2.05) is 30.4 Å². The van der Waals surface area contributed by atoms with Crippen LogP contribution >= 0.6 is 0 Å². The Balaban J connectivity index is 3.61. The van der Waals surface area contributed by atoms with Crippen LogP contribution in [0, 0.1) is 0 Å². The van der Waals surface area contributed by atoms with Crippen molar-refractivity contribution in [2.75, 3.05) is 6.61 Å². The lowest BCUT2D eigenvalue weighted by atomic mass is 10.1. The van der Waals surface area contributed by atoms with E-state index in [9.17, 15) is 15.0 Å². The first-order valence-electron chi connectivity index (χ1n) is 8.79. The molecule has 0 amide bonds. The molecule has 0 heterocycles. The molecule has 1 atom stereocenters. The second-order valence-electron chi connectivity index (χ2n) is 5.63. The zero-order valence-electron chi connectivity index (χ0n) is 14.5. The Labute approximate surface area is 145 Å². The van der Waals surface area contributed by atoms with Gasteiger partial charge in [-0.05, 0) is 51.4 Å². The molecule has 0 bridgehead atoms. The number of carbonyl (C=O) groups excluding carboxylic acids is 1. The summed E-state index contributed by atoms with van der Waals surface area (Å²) in [5, 5.41) is 28.6. The van der Waals surface area contributed by atoms with Crippen molar-refractivity contribution in [1.82, 2.24) is 0 Å². The molecule has 4 nitrogen and oxygen atoms in total. The average molecular weight is 335 g/mol. The van der Waals surface area contributed by atoms with E-state index in [-0.39, 0.29) is 13.0 Å². The lowest BCUT2D eigenvalue weighted by molar-refractivity contribution is -0.305. The van der Waals surface area contributed by atoms with Gasteiger partial charge in [0.2, 0.25) is 0 Å². The molecule has 0 rings (SSSR count). The van der Waals surface area contributed by atoms with Crippen LogP contribution in [0.25, 0.3) is 0 Å². The van der Waals surface area contributed by atoms with Gasteiger partial charge >= 0.3 is 0 Å². The van der Waals surface area contributed by atoms with Gasteiger partial charge in [-0.2, -0.15) is 0 Å². The van der Waals surface area contributed by atoms with Gasteiger partial charge < -0.3 is 20.1 Å². The molecule has 4 heteroatoms. The molecule has 0 aromatic heterocycles. The van der Waals surface area contributed by atoms with Crippen LogP contribution in [-0.4, -0.2) is 28.9 Å². The Kier molecular flexibility index (Phi) is 16.5. The van der Waals surface area contributed by atoms with Crippen LogP contribution in [0.15, 0.2) is 48.6 Å². The number of aliphatic hydroxyl groups excluding tert-OH is 2. The molecule has 1 unspecified atom stereocenters. The molecule has 0 saturated carbocycles. The van der Waals surface area contributed by atoms with Gasteiger partial charge in [0.15, 0.2) is 0 Å². The molecule has 0 spiro atoms. The highest BCUT2D eigenvalue weighted by molar-refractivity contribution is 5.64. The predicted molar refractivity (Wildman–Crippen MR) is 96.2 cm³/mol. The van der Waals surface area contributed by atoms with Crippen LogP contribution in [0.1, 0.15) is 57.8 Å². The number of rotatable bonds is 15. The lowest BCUT2D eigenvalue weighted by Gasteiger charge is -2.00. The van der Waals surface area contributed by atoms with Gasteiger partial charge in [-0.15, -0.1) is 0 Å². The minimum Gasteiger partial charge on any atom is -0.550 e. The molecule has 0 aliphatic heterocycles. The molecule has 0 aromatic carbocycles. The maximum absolute atomic E-state index is 10.2. The molecule has 0 fully saturated rings. The van der Waals surface area contributed by atoms with Crippen LogP contribution in [-0.2, 0) is 4.79 Å². The van der Waals surface area contributed by atoms with Crippen molar-refractivity contribution >= 4 is 5.97 Å². The lowest BCUT2D eigenvalue weighted by Crippen LogP contribution is -2.21. The number of carboxylic acids is 1. The summed E-state index contributed by atoms with van der Waals surface area (Å²) in [7, 11) is 0. The van der Waals surface area contributed by atoms with Gasteiger partial charge in [0.05, 0.1) is 6.10 Å². The molecular formula is C20H31O4-. The maximum Gasteiger partial charge on any atom is 0.0758 e. The fraction of sp³-hybridized carbons (Fsp3) is 0.550. The van der Waals surface area contributed by atoms with Crippen molar-refractivity contribution in [3.05, 3.63) is 48.6 Å². The molecule has 136 valence electrons. The monoisotopic (exact) mass is 335 g/mol. The van der Waals surface area contributed by atoms with Crippen LogP contribution in [0.2, 0.25) is 0 Å². The fourth-order valence-electron chi connectivity index (χ4n) is 1.99. The van der Waals surface area contributed by atoms with Crippen LogP contribution in [0.4, 0.5) is 0 Å². The highest BCUT2D eigenvalue weighted by Gasteiger charge is 1.93. The minimum atomic E-state index is -1.02. The number of carbonyl (C=O) groups is 1. The highest BCUT2D eigenvalue weighted by atomic mass is 16.4. The van der Waals surface area contributed by atoms with Gasteiger partial charge in [-0.25, -0.2) is 0 Å². The highest BCUT2D eigenvalue weighted by Crippen LogP contribution is 2.02. The smallest absolute Gasteiger partial charge is 0.0758 e. The second-order valence-corrected chi connectivity index (χ2v) is 5.63. The molecule has 24 heavy (non-hydrogen) atoms. The van der Waals surface area contributed by atoms with Crippen molar-refractivity contribution in [3.8, 4) is 0 Å². The topological polar surface area (TPSA) is 80.6 Å². The van der Waals surface area contributed by atoms with Gasteiger partial charge in [0.25, 0.3) is 0 Å². The van der Waals surface area contributed by atoms with Crippen molar-refractivity contribution in [3.63, 3.8) is 0 Å². The summed E-state index contributed by atoms with van der Waals surface area (Å²) in [6, 6.07) is 0. The fourth-order valence-corrected chi connectivity index (χ4v) is 1.99. The molecule has 0 radical (unpaired) electrons. The summed E-state index contributed by atoms with van der Waals surface area (Å²) in [5.74, 6) is -1.02. The summed E-state index contributed by atoms with van der Waals surface area (Å²) in [6.45, 7) is 0.281. The van der Waals surface area contributed by atoms with E-state index in [1.165, 1.54) is 0 Å². The molecule has 2 N–H and O–H groups in total. The minimum absolute atomic E-state index is 0.0781. The standard InChI is InChI=1S/C20H32O4/c21-18-14-10-6-4-2-1-3-5-7-11-15-19(22)16-12-8-9-13-17-20(23)24/h1-2,5,7-8,11-12,15,19,21-22H,3-4,6,9-10,13-14,16-18H2,(H,23,24)/p-1/b2-1-,7-5-,12-8-,15-11+. The zero-order valence-corrected chi connectivity index (χ0v) is 14.5. The third-order valence-corrected chi connectivity index (χ3v) is 3.34. The Morgan fingerprint density at radius 2 is 1.67 bits per heavy atom. The largest absolute Gasteiger partial charge is 0.550 e. The molecule has 0 aliphatic carbocycles. The first kappa shape index (κ1) is 22.4. The number of hydrogen-bond donors (Lipinski definition) is 2. The van der Waals surface area contributed by atoms with E-state index in [0.717, 1.165) is 32.1 Å². The maximum atomic E-state index is 10.2. The van der Waals surface area contributed by atoms with E-state index in [4.69, 9.17) is 5.11 Å². The third-order valence-electron chi connectivity index (χ3n) is 3.34. The van der Waals surface area contributed by atoms with Crippen molar-refractivity contribution in [1.29, 1.82) is 0 Å². The number of aliphatic hydroxyl groups is 2. The number of aliphatic carboxylic acids is 1. The van der Waals surface area contributed by atoms with Gasteiger partial charge in [-0.1, -0.05) is 55.0 Å². The van der Waals surface area contributed by atoms with Gasteiger partial charge in [0, 0.05) is 12.6 Å². The summed E-state index contributed by atoms with van der Waals surface area (Å²) in [5.41, 5.74) is 0. The number of hydrogen-bond acceptors (Lipinski definition) is 4. The Morgan fingerprint density at radius 3 is 2.42 bits per heavy atom. The Bertz CT molecular complexity index is 408. The summed E-state index contributed by atoms with van der Waals surface area (Å²) < 4.78 is 0. The second kappa shape index (κ2) is 17.7. The number of unbranched alkanes of at least 4 members (excludes halogenated alkanes) is 4. The molecular weight excluding hydrogens is 304 g/mol. The van der Waals surface area contributed by atoms with Crippen molar-refractivity contribution in [2.24, 2.45) is 0 Å². The first-order valence-corrected chi connectivity index (χ1v) is 8.79. The Hall–Kier alpha value is -1.65. The van der Waals surface area contributed by atoms with Crippen LogP contribution in [0.3, 0.4) is 0 Å². The van der Waals surface area contributed by atoms with Gasteiger partial charge in [-0.3, -0.25) is 0 Å². The predicted octanol–water partition coefficient (Wildman–Crippen LogP) is 2.83. The third kappa shape index (κ3) is 18.4. The summed E-state index contributed by atoms with van der Waals surface area (Å²) in [6.07, 6.45) is 21.9. The van der Waals surface area contributed by atoms with Crippen LogP contribution < -0.4 is 5.11 Å².